The lowest BCUT2D eigenvalue weighted by molar-refractivity contribution is -0.384. The molecule has 5 aromatic carbocycles. The minimum atomic E-state index is -0.296. The van der Waals surface area contributed by atoms with Crippen LogP contribution in [0.15, 0.2) is 97.1 Å². The number of nitrogens with zero attached hydrogens (tertiary/aromatic N) is 2. The van der Waals surface area contributed by atoms with Gasteiger partial charge in [-0.1, -0.05) is 72.8 Å². The second-order valence-electron chi connectivity index (χ2n) is 8.19. The molecule has 0 aliphatic heterocycles. The molecule has 0 aliphatic carbocycles. The highest BCUT2D eigenvalue weighted by Gasteiger charge is 2.22. The Morgan fingerprint density at radius 3 is 2.09 bits per heavy atom. The first-order chi connectivity index (χ1) is 15.7. The summed E-state index contributed by atoms with van der Waals surface area (Å²) in [6.45, 7) is 0. The van der Waals surface area contributed by atoms with E-state index in [9.17, 15) is 10.1 Å². The lowest BCUT2D eigenvalue weighted by Gasteiger charge is -2.10. The SMILES string of the molecule is O=[N+]([O-])c1ccccc1-c1cc2c(c3ccccc13)c1cccc3c4ccccc4n2c31. The number of fused-ring (bicyclic) bond motifs is 8. The molecule has 7 rings (SSSR count). The lowest BCUT2D eigenvalue weighted by atomic mass is 9.93. The quantitative estimate of drug-likeness (QED) is 0.217. The number of hydrogen-bond donors (Lipinski definition) is 0. The standard InChI is InChI=1S/C28H16N2O2/c31-30(32)25-15-6-4-10-19(25)23-16-26-27(20-11-2-1-8-17(20)23)22-13-7-12-21-18-9-3-5-14-24(18)29(26)28(21)22/h1-16H. The molecule has 0 saturated carbocycles. The zero-order valence-electron chi connectivity index (χ0n) is 16.9. The molecule has 0 unspecified atom stereocenters. The maximum atomic E-state index is 11.8. The summed E-state index contributed by atoms with van der Waals surface area (Å²) in [4.78, 5) is 11.5. The molecule has 0 bridgehead atoms. The van der Waals surface area contributed by atoms with E-state index in [1.807, 2.05) is 24.3 Å². The van der Waals surface area contributed by atoms with Crippen LogP contribution in [0, 0.1) is 10.1 Å². The normalized spacial score (nSPS) is 12.0. The molecule has 7 aromatic rings. The number of para-hydroxylation sites is 3. The van der Waals surface area contributed by atoms with E-state index in [1.54, 1.807) is 12.1 Å². The number of nitro benzene ring substituents is 1. The Morgan fingerprint density at radius 2 is 1.25 bits per heavy atom. The smallest absolute Gasteiger partial charge is 0.277 e. The summed E-state index contributed by atoms with van der Waals surface area (Å²) in [6.07, 6.45) is 0. The number of rotatable bonds is 2. The number of benzene rings is 5. The van der Waals surface area contributed by atoms with Gasteiger partial charge in [-0.25, -0.2) is 0 Å². The Bertz CT molecular complexity index is 1860. The molecule has 0 amide bonds. The Kier molecular flexibility index (Phi) is 3.26. The second kappa shape index (κ2) is 6.05. The summed E-state index contributed by atoms with van der Waals surface area (Å²) < 4.78 is 2.32. The third kappa shape index (κ3) is 2.06. The summed E-state index contributed by atoms with van der Waals surface area (Å²) in [5.74, 6) is 0. The van der Waals surface area contributed by atoms with Crippen LogP contribution in [0.3, 0.4) is 0 Å². The minimum absolute atomic E-state index is 0.121. The van der Waals surface area contributed by atoms with E-state index < -0.39 is 0 Å². The molecule has 0 saturated heterocycles. The molecule has 0 N–H and O–H groups in total. The third-order valence-corrected chi connectivity index (χ3v) is 6.62. The van der Waals surface area contributed by atoms with E-state index in [4.69, 9.17) is 0 Å². The van der Waals surface area contributed by atoms with E-state index in [-0.39, 0.29) is 10.6 Å². The van der Waals surface area contributed by atoms with Crippen LogP contribution in [0.2, 0.25) is 0 Å². The van der Waals surface area contributed by atoms with Crippen molar-refractivity contribution in [3.05, 3.63) is 107 Å². The van der Waals surface area contributed by atoms with Gasteiger partial charge in [0.05, 0.1) is 27.0 Å². The van der Waals surface area contributed by atoms with Crippen molar-refractivity contribution in [3.63, 3.8) is 0 Å². The van der Waals surface area contributed by atoms with E-state index in [0.29, 0.717) is 5.56 Å². The highest BCUT2D eigenvalue weighted by molar-refractivity contribution is 6.30. The van der Waals surface area contributed by atoms with Crippen LogP contribution < -0.4 is 0 Å². The predicted octanol–water partition coefficient (Wildman–Crippen LogP) is 7.57. The van der Waals surface area contributed by atoms with Crippen LogP contribution in [-0.2, 0) is 0 Å². The van der Waals surface area contributed by atoms with E-state index in [1.165, 1.54) is 27.1 Å². The second-order valence-corrected chi connectivity index (χ2v) is 8.19. The molecule has 0 aliphatic rings. The molecule has 0 fully saturated rings. The van der Waals surface area contributed by atoms with Gasteiger partial charge in [-0.2, -0.15) is 0 Å². The van der Waals surface area contributed by atoms with E-state index >= 15 is 0 Å². The molecule has 2 aromatic heterocycles. The van der Waals surface area contributed by atoms with Crippen molar-refractivity contribution >= 4 is 54.6 Å². The fraction of sp³-hybridized carbons (Fsp3) is 0. The summed E-state index contributed by atoms with van der Waals surface area (Å²) in [5.41, 5.74) is 5.07. The molecule has 0 radical (unpaired) electrons. The van der Waals surface area contributed by atoms with Gasteiger partial charge in [0.25, 0.3) is 5.69 Å². The summed E-state index contributed by atoms with van der Waals surface area (Å²) in [7, 11) is 0. The van der Waals surface area contributed by atoms with E-state index in [2.05, 4.69) is 65.1 Å². The molecule has 150 valence electrons. The van der Waals surface area contributed by atoms with Gasteiger partial charge < -0.3 is 4.40 Å². The first-order valence-electron chi connectivity index (χ1n) is 10.6. The lowest BCUT2D eigenvalue weighted by Crippen LogP contribution is -1.93. The predicted molar refractivity (Wildman–Crippen MR) is 131 cm³/mol. The molecule has 32 heavy (non-hydrogen) atoms. The Labute approximate surface area is 182 Å². The summed E-state index contributed by atoms with van der Waals surface area (Å²) >= 11 is 0. The van der Waals surface area contributed by atoms with Crippen molar-refractivity contribution in [3.8, 4) is 11.1 Å². The highest BCUT2D eigenvalue weighted by atomic mass is 16.6. The molecular formula is C28H16N2O2. The van der Waals surface area contributed by atoms with Crippen molar-refractivity contribution in [2.45, 2.75) is 0 Å². The minimum Gasteiger partial charge on any atom is -0.308 e. The van der Waals surface area contributed by atoms with Crippen molar-refractivity contribution in [1.29, 1.82) is 0 Å². The maximum Gasteiger partial charge on any atom is 0.277 e. The van der Waals surface area contributed by atoms with Crippen molar-refractivity contribution < 1.29 is 4.92 Å². The fourth-order valence-corrected chi connectivity index (χ4v) is 5.37. The Morgan fingerprint density at radius 1 is 0.594 bits per heavy atom. The molecule has 4 nitrogen and oxygen atoms in total. The van der Waals surface area contributed by atoms with Gasteiger partial charge in [-0.05, 0) is 34.5 Å². The topological polar surface area (TPSA) is 47.5 Å². The zero-order valence-corrected chi connectivity index (χ0v) is 16.9. The number of hydrogen-bond acceptors (Lipinski definition) is 2. The Balaban J connectivity index is 1.78. The van der Waals surface area contributed by atoms with Gasteiger partial charge in [-0.3, -0.25) is 10.1 Å². The van der Waals surface area contributed by atoms with E-state index in [0.717, 1.165) is 27.4 Å². The molecule has 2 heterocycles. The van der Waals surface area contributed by atoms with Gasteiger partial charge in [0.15, 0.2) is 0 Å². The van der Waals surface area contributed by atoms with Gasteiger partial charge in [0.1, 0.15) is 0 Å². The summed E-state index contributed by atoms with van der Waals surface area (Å²) in [6, 6.07) is 32.3. The molecular weight excluding hydrogens is 396 g/mol. The zero-order chi connectivity index (χ0) is 21.4. The van der Waals surface area contributed by atoms with Gasteiger partial charge in [0, 0.05) is 27.6 Å². The van der Waals surface area contributed by atoms with Gasteiger partial charge in [-0.15, -0.1) is 0 Å². The molecule has 0 spiro atoms. The van der Waals surface area contributed by atoms with Crippen molar-refractivity contribution in [1.82, 2.24) is 4.40 Å². The van der Waals surface area contributed by atoms with Crippen LogP contribution in [0.25, 0.3) is 60.0 Å². The maximum absolute atomic E-state index is 11.8. The average molecular weight is 412 g/mol. The van der Waals surface area contributed by atoms with Crippen LogP contribution >= 0.6 is 0 Å². The monoisotopic (exact) mass is 412 g/mol. The van der Waals surface area contributed by atoms with Crippen LogP contribution in [0.1, 0.15) is 0 Å². The Hall–Kier alpha value is -4.44. The number of nitro groups is 1. The van der Waals surface area contributed by atoms with Gasteiger partial charge in [0.2, 0.25) is 0 Å². The van der Waals surface area contributed by atoms with Crippen LogP contribution in [0.4, 0.5) is 5.69 Å². The first-order valence-corrected chi connectivity index (χ1v) is 10.6. The first kappa shape index (κ1) is 17.3. The van der Waals surface area contributed by atoms with Gasteiger partial charge >= 0.3 is 0 Å². The molecule has 4 heteroatoms. The van der Waals surface area contributed by atoms with Crippen LogP contribution in [0.5, 0.6) is 0 Å². The van der Waals surface area contributed by atoms with Crippen LogP contribution in [-0.4, -0.2) is 9.32 Å². The molecule has 0 atom stereocenters. The van der Waals surface area contributed by atoms with Crippen molar-refractivity contribution in [2.75, 3.05) is 0 Å². The third-order valence-electron chi connectivity index (χ3n) is 6.62. The summed E-state index contributed by atoms with van der Waals surface area (Å²) in [5, 5.41) is 18.8. The average Bonchev–Trinajstić information content (AvgIpc) is 3.36. The fourth-order valence-electron chi connectivity index (χ4n) is 5.37. The van der Waals surface area contributed by atoms with Crippen molar-refractivity contribution in [2.24, 2.45) is 0 Å². The number of aromatic nitrogens is 1. The highest BCUT2D eigenvalue weighted by Crippen LogP contribution is 2.45. The largest absolute Gasteiger partial charge is 0.308 e.